The van der Waals surface area contributed by atoms with Gasteiger partial charge in [0.05, 0.1) is 30.7 Å². The number of halogens is 2. The Morgan fingerprint density at radius 3 is 2.78 bits per heavy atom. The number of nitrogens with zero attached hydrogens (tertiary/aromatic N) is 7. The summed E-state index contributed by atoms with van der Waals surface area (Å²) >= 11 is 6.64. The Morgan fingerprint density at radius 1 is 1.18 bits per heavy atom. The summed E-state index contributed by atoms with van der Waals surface area (Å²) in [6.45, 7) is 5.82. The number of aromatic nitrogens is 3. The number of carbonyl (C=O) groups excluding carboxylic acids is 1. The SMILES string of the molecule is C=C(F)C(=O)N1CCN(c2nc(OCC3CCCN3CCO)nc3cc(-c4cccc5cccc(Cl)c45)cnc23)C[C@@H]1CC#N. The summed E-state index contributed by atoms with van der Waals surface area (Å²) in [4.78, 5) is 32.4. The van der Waals surface area contributed by atoms with Crippen molar-refractivity contribution in [1.82, 2.24) is 24.8 Å². The van der Waals surface area contributed by atoms with Crippen molar-refractivity contribution in [2.45, 2.75) is 31.3 Å². The van der Waals surface area contributed by atoms with Gasteiger partial charge < -0.3 is 19.6 Å². The molecular formula is C33H33ClFN7O3. The fraction of sp³-hybridized carbons (Fsp3) is 0.364. The van der Waals surface area contributed by atoms with Gasteiger partial charge in [-0.05, 0) is 42.5 Å². The second kappa shape index (κ2) is 13.3. The van der Waals surface area contributed by atoms with Crippen LogP contribution in [0, 0.1) is 11.3 Å². The Balaban J connectivity index is 1.40. The van der Waals surface area contributed by atoms with E-state index in [1.807, 2.05) is 47.4 Å². The number of hydrogen-bond donors (Lipinski definition) is 1. The van der Waals surface area contributed by atoms with Gasteiger partial charge in [-0.3, -0.25) is 14.7 Å². The number of likely N-dealkylation sites (tertiary alicyclic amines) is 1. The molecule has 6 rings (SSSR count). The lowest BCUT2D eigenvalue weighted by molar-refractivity contribution is -0.131. The molecule has 0 bridgehead atoms. The van der Waals surface area contributed by atoms with E-state index in [0.29, 0.717) is 41.6 Å². The molecule has 10 nitrogen and oxygen atoms in total. The van der Waals surface area contributed by atoms with Crippen molar-refractivity contribution in [2.75, 3.05) is 50.8 Å². The highest BCUT2D eigenvalue weighted by Gasteiger charge is 2.33. The van der Waals surface area contributed by atoms with E-state index in [1.54, 1.807) is 6.20 Å². The smallest absolute Gasteiger partial charge is 0.319 e. The minimum absolute atomic E-state index is 0.0175. The molecule has 232 valence electrons. The zero-order valence-corrected chi connectivity index (χ0v) is 25.5. The second-order valence-corrected chi connectivity index (χ2v) is 11.7. The Kier molecular flexibility index (Phi) is 9.07. The van der Waals surface area contributed by atoms with Crippen LogP contribution in [0.2, 0.25) is 5.02 Å². The van der Waals surface area contributed by atoms with Crippen molar-refractivity contribution in [3.05, 3.63) is 66.1 Å². The van der Waals surface area contributed by atoms with E-state index in [9.17, 15) is 19.6 Å². The predicted molar refractivity (Wildman–Crippen MR) is 171 cm³/mol. The van der Waals surface area contributed by atoms with Crippen LogP contribution in [0.25, 0.3) is 32.9 Å². The topological polar surface area (TPSA) is 119 Å². The van der Waals surface area contributed by atoms with Crippen molar-refractivity contribution >= 4 is 45.1 Å². The molecule has 2 aliphatic heterocycles. The number of β-amino-alcohol motifs (C(OH)–C–C–N with tert-alkyl or cyclic N) is 1. The molecule has 4 aromatic rings. The lowest BCUT2D eigenvalue weighted by Crippen LogP contribution is -2.55. The third-order valence-corrected chi connectivity index (χ3v) is 8.87. The number of aliphatic hydroxyl groups is 1. The molecule has 2 aromatic heterocycles. The molecule has 0 spiro atoms. The first-order chi connectivity index (χ1) is 21.9. The van der Waals surface area contributed by atoms with E-state index in [0.717, 1.165) is 41.3 Å². The highest BCUT2D eigenvalue weighted by molar-refractivity contribution is 6.36. The maximum atomic E-state index is 13.8. The molecule has 1 unspecified atom stereocenters. The number of carbonyl (C=O) groups is 1. The van der Waals surface area contributed by atoms with Crippen LogP contribution in [0.5, 0.6) is 6.01 Å². The standard InChI is InChI=1S/C33H33ClFN7O3/c1-21(35)32(44)42-14-13-41(19-24(42)10-11-36)31-30-28(38-33(39-31)45-20-25-7-4-12-40(25)15-16-43)17-23(18-37-30)26-8-2-5-22-6-3-9-27(34)29(22)26/h2-3,5-6,8-9,17-18,24-25,43H,1,4,7,10,12-16,19-20H2/t24-,25?/m0/s1. The van der Waals surface area contributed by atoms with Crippen LogP contribution in [-0.2, 0) is 4.79 Å². The fourth-order valence-corrected chi connectivity index (χ4v) is 6.66. The predicted octanol–water partition coefficient (Wildman–Crippen LogP) is 4.75. The van der Waals surface area contributed by atoms with Gasteiger partial charge in [-0.15, -0.1) is 0 Å². The minimum Gasteiger partial charge on any atom is -0.462 e. The average Bonchev–Trinajstić information content (AvgIpc) is 3.50. The summed E-state index contributed by atoms with van der Waals surface area (Å²) in [5.41, 5.74) is 2.82. The number of nitriles is 1. The molecule has 2 saturated heterocycles. The molecule has 2 fully saturated rings. The highest BCUT2D eigenvalue weighted by atomic mass is 35.5. The van der Waals surface area contributed by atoms with Crippen molar-refractivity contribution in [2.24, 2.45) is 0 Å². The lowest BCUT2D eigenvalue weighted by atomic mass is 9.99. The van der Waals surface area contributed by atoms with Crippen molar-refractivity contribution < 1.29 is 19.0 Å². The van der Waals surface area contributed by atoms with E-state index in [2.05, 4.69) is 17.5 Å². The van der Waals surface area contributed by atoms with Gasteiger partial charge in [-0.25, -0.2) is 4.39 Å². The van der Waals surface area contributed by atoms with Gasteiger partial charge in [0.2, 0.25) is 0 Å². The summed E-state index contributed by atoms with van der Waals surface area (Å²) in [6, 6.07) is 15.5. The number of pyridine rings is 1. The molecule has 2 aliphatic rings. The zero-order valence-electron chi connectivity index (χ0n) is 24.7. The molecule has 1 amide bonds. The molecule has 2 aromatic carbocycles. The summed E-state index contributed by atoms with van der Waals surface area (Å²) in [5.74, 6) is -1.36. The monoisotopic (exact) mass is 629 g/mol. The van der Waals surface area contributed by atoms with Gasteiger partial charge >= 0.3 is 6.01 Å². The van der Waals surface area contributed by atoms with E-state index < -0.39 is 17.8 Å². The first-order valence-corrected chi connectivity index (χ1v) is 15.4. The van der Waals surface area contributed by atoms with Gasteiger partial charge in [0.1, 0.15) is 12.1 Å². The van der Waals surface area contributed by atoms with Crippen LogP contribution in [0.1, 0.15) is 19.3 Å². The molecule has 0 saturated carbocycles. The lowest BCUT2D eigenvalue weighted by Gasteiger charge is -2.41. The third-order valence-electron chi connectivity index (χ3n) is 8.56. The van der Waals surface area contributed by atoms with Crippen molar-refractivity contribution in [3.8, 4) is 23.2 Å². The Labute approximate surface area is 265 Å². The first kappa shape index (κ1) is 30.6. The number of aliphatic hydroxyl groups excluding tert-OH is 1. The number of ether oxygens (including phenoxy) is 1. The van der Waals surface area contributed by atoms with E-state index >= 15 is 0 Å². The van der Waals surface area contributed by atoms with Gasteiger partial charge in [0.25, 0.3) is 5.91 Å². The van der Waals surface area contributed by atoms with Crippen LogP contribution in [0.4, 0.5) is 10.2 Å². The number of benzene rings is 2. The number of hydrogen-bond acceptors (Lipinski definition) is 9. The Morgan fingerprint density at radius 2 is 2.00 bits per heavy atom. The van der Waals surface area contributed by atoms with Gasteiger partial charge in [-0.1, -0.05) is 48.5 Å². The normalized spacial score (nSPS) is 18.8. The molecule has 0 aliphatic carbocycles. The molecule has 2 atom stereocenters. The van der Waals surface area contributed by atoms with Gasteiger partial charge in [0, 0.05) is 54.4 Å². The Hall–Kier alpha value is -4.37. The summed E-state index contributed by atoms with van der Waals surface area (Å²) in [7, 11) is 0. The van der Waals surface area contributed by atoms with Crippen molar-refractivity contribution in [3.63, 3.8) is 0 Å². The van der Waals surface area contributed by atoms with Crippen LogP contribution in [-0.4, -0.2) is 93.8 Å². The number of rotatable bonds is 9. The summed E-state index contributed by atoms with van der Waals surface area (Å²) in [6.07, 6.45) is 3.75. The number of amides is 1. The molecule has 0 radical (unpaired) electrons. The second-order valence-electron chi connectivity index (χ2n) is 11.3. The number of anilines is 1. The largest absolute Gasteiger partial charge is 0.462 e. The third kappa shape index (κ3) is 6.27. The van der Waals surface area contributed by atoms with Crippen LogP contribution in [0.15, 0.2) is 61.1 Å². The van der Waals surface area contributed by atoms with E-state index in [4.69, 9.17) is 31.3 Å². The Bertz CT molecular complexity index is 1790. The number of piperazine rings is 1. The molecular weight excluding hydrogens is 597 g/mol. The van der Waals surface area contributed by atoms with E-state index in [-0.39, 0.29) is 38.2 Å². The van der Waals surface area contributed by atoms with Gasteiger partial charge in [0.15, 0.2) is 11.6 Å². The molecule has 4 heterocycles. The summed E-state index contributed by atoms with van der Waals surface area (Å²) < 4.78 is 20.0. The summed E-state index contributed by atoms with van der Waals surface area (Å²) in [5, 5.41) is 21.5. The first-order valence-electron chi connectivity index (χ1n) is 15.0. The maximum absolute atomic E-state index is 13.8. The highest BCUT2D eigenvalue weighted by Crippen LogP contribution is 2.36. The fourth-order valence-electron chi connectivity index (χ4n) is 6.38. The number of fused-ring (bicyclic) bond motifs is 2. The van der Waals surface area contributed by atoms with Crippen molar-refractivity contribution in [1.29, 1.82) is 5.26 Å². The van der Waals surface area contributed by atoms with Crippen LogP contribution in [0.3, 0.4) is 0 Å². The molecule has 1 N–H and O–H groups in total. The maximum Gasteiger partial charge on any atom is 0.319 e. The molecule has 45 heavy (non-hydrogen) atoms. The average molecular weight is 630 g/mol. The van der Waals surface area contributed by atoms with E-state index in [1.165, 1.54) is 4.90 Å². The minimum atomic E-state index is -1.06. The van der Waals surface area contributed by atoms with Crippen LogP contribution < -0.4 is 9.64 Å². The van der Waals surface area contributed by atoms with Gasteiger partial charge in [-0.2, -0.15) is 15.2 Å². The zero-order chi connectivity index (χ0) is 31.5. The van der Waals surface area contributed by atoms with Crippen LogP contribution >= 0.6 is 11.6 Å². The molecule has 12 heteroatoms. The quantitative estimate of drug-likeness (QED) is 0.262.